The van der Waals surface area contributed by atoms with Crippen LogP contribution in [-0.4, -0.2) is 25.7 Å². The van der Waals surface area contributed by atoms with E-state index in [1.54, 1.807) is 19.2 Å². The fourth-order valence-corrected chi connectivity index (χ4v) is 3.04. The van der Waals surface area contributed by atoms with Crippen LogP contribution in [0.3, 0.4) is 0 Å². The summed E-state index contributed by atoms with van der Waals surface area (Å²) in [5, 5.41) is 10.3. The Morgan fingerprint density at radius 1 is 1.24 bits per heavy atom. The summed E-state index contributed by atoms with van der Waals surface area (Å²) in [6.07, 6.45) is 1.50. The van der Waals surface area contributed by atoms with Crippen molar-refractivity contribution >= 4 is 10.0 Å². The van der Waals surface area contributed by atoms with Crippen molar-refractivity contribution in [3.8, 4) is 0 Å². The predicted octanol–water partition coefficient (Wildman–Crippen LogP) is 0.814. The summed E-state index contributed by atoms with van der Waals surface area (Å²) in [7, 11) is -2.14. The Morgan fingerprint density at radius 2 is 2.05 bits per heavy atom. The van der Waals surface area contributed by atoms with E-state index in [1.165, 1.54) is 18.3 Å². The lowest BCUT2D eigenvalue weighted by molar-refractivity contribution is 0.573. The van der Waals surface area contributed by atoms with E-state index in [0.717, 1.165) is 6.07 Å². The van der Waals surface area contributed by atoms with Crippen LogP contribution < -0.4 is 10.0 Å². The van der Waals surface area contributed by atoms with Crippen molar-refractivity contribution in [2.75, 3.05) is 7.05 Å². The minimum atomic E-state index is -3.83. The highest BCUT2D eigenvalue weighted by Gasteiger charge is 2.19. The normalized spacial score (nSPS) is 11.5. The zero-order valence-corrected chi connectivity index (χ0v) is 12.2. The summed E-state index contributed by atoms with van der Waals surface area (Å²) in [6, 6.07) is 6.99. The molecule has 0 saturated heterocycles. The molecule has 0 fully saturated rings. The van der Waals surface area contributed by atoms with Crippen LogP contribution in [0.5, 0.6) is 0 Å². The first-order chi connectivity index (χ1) is 10.0. The molecule has 0 bridgehead atoms. The molecule has 8 heteroatoms. The molecule has 0 unspecified atom stereocenters. The Kier molecular flexibility index (Phi) is 4.94. The second-order valence-corrected chi connectivity index (χ2v) is 6.06. The molecule has 21 heavy (non-hydrogen) atoms. The molecule has 1 aromatic heterocycles. The number of aromatic nitrogens is 2. The average Bonchev–Trinajstić information content (AvgIpc) is 2.48. The van der Waals surface area contributed by atoms with Crippen LogP contribution in [0.1, 0.15) is 11.3 Å². The molecule has 1 heterocycles. The zero-order chi connectivity index (χ0) is 15.3. The maximum absolute atomic E-state index is 13.3. The molecule has 6 nitrogen and oxygen atoms in total. The average molecular weight is 310 g/mol. The molecule has 1 aromatic carbocycles. The lowest BCUT2D eigenvalue weighted by atomic mass is 10.2. The quantitative estimate of drug-likeness (QED) is 0.825. The van der Waals surface area contributed by atoms with Gasteiger partial charge in [-0.2, -0.15) is 10.2 Å². The molecule has 2 rings (SSSR count). The molecule has 0 aliphatic rings. The van der Waals surface area contributed by atoms with Crippen LogP contribution in [0.25, 0.3) is 0 Å². The third kappa shape index (κ3) is 4.03. The van der Waals surface area contributed by atoms with E-state index in [2.05, 4.69) is 20.2 Å². The summed E-state index contributed by atoms with van der Waals surface area (Å²) in [6.45, 7) is 0.313. The number of sulfonamides is 1. The predicted molar refractivity (Wildman–Crippen MR) is 75.2 cm³/mol. The number of benzene rings is 1. The van der Waals surface area contributed by atoms with Gasteiger partial charge in [-0.1, -0.05) is 6.07 Å². The van der Waals surface area contributed by atoms with Gasteiger partial charge in [-0.05, 0) is 36.9 Å². The molecule has 0 atom stereocenters. The van der Waals surface area contributed by atoms with Crippen LogP contribution in [0.2, 0.25) is 0 Å². The highest BCUT2D eigenvalue weighted by Crippen LogP contribution is 2.17. The fraction of sp³-hybridized carbons (Fsp3) is 0.231. The summed E-state index contributed by atoms with van der Waals surface area (Å²) in [4.78, 5) is -0.0826. The van der Waals surface area contributed by atoms with E-state index >= 15 is 0 Å². The van der Waals surface area contributed by atoms with E-state index < -0.39 is 15.8 Å². The van der Waals surface area contributed by atoms with Gasteiger partial charge in [-0.15, -0.1) is 0 Å². The van der Waals surface area contributed by atoms with E-state index in [9.17, 15) is 12.8 Å². The van der Waals surface area contributed by atoms with Gasteiger partial charge in [-0.25, -0.2) is 17.5 Å². The molecule has 2 N–H and O–H groups in total. The highest BCUT2D eigenvalue weighted by atomic mass is 32.2. The molecule has 0 aliphatic heterocycles. The second-order valence-electron chi connectivity index (χ2n) is 4.32. The van der Waals surface area contributed by atoms with Crippen LogP contribution in [-0.2, 0) is 23.1 Å². The lowest BCUT2D eigenvalue weighted by Gasteiger charge is -2.11. The van der Waals surface area contributed by atoms with E-state index in [1.807, 2.05) is 0 Å². The maximum Gasteiger partial charge on any atom is 0.241 e. The Balaban J connectivity index is 2.24. The topological polar surface area (TPSA) is 84.0 Å². The van der Waals surface area contributed by atoms with Gasteiger partial charge in [0.15, 0.2) is 0 Å². The number of rotatable bonds is 6. The lowest BCUT2D eigenvalue weighted by Crippen LogP contribution is -2.25. The summed E-state index contributed by atoms with van der Waals surface area (Å²) >= 11 is 0. The van der Waals surface area contributed by atoms with Gasteiger partial charge in [-0.3, -0.25) is 0 Å². The van der Waals surface area contributed by atoms with Gasteiger partial charge in [0.2, 0.25) is 10.0 Å². The van der Waals surface area contributed by atoms with Gasteiger partial charge >= 0.3 is 0 Å². The summed E-state index contributed by atoms with van der Waals surface area (Å²) in [5.74, 6) is -0.602. The van der Waals surface area contributed by atoms with E-state index in [0.29, 0.717) is 17.8 Å². The molecular formula is C13H15FN4O2S. The molecule has 2 aromatic rings. The molecule has 112 valence electrons. The van der Waals surface area contributed by atoms with Crippen molar-refractivity contribution in [2.24, 2.45) is 0 Å². The number of hydrogen-bond acceptors (Lipinski definition) is 5. The Hall–Kier alpha value is -1.90. The Labute approximate surface area is 122 Å². The highest BCUT2D eigenvalue weighted by molar-refractivity contribution is 7.89. The first kappa shape index (κ1) is 15.5. The largest absolute Gasteiger partial charge is 0.316 e. The van der Waals surface area contributed by atoms with Crippen molar-refractivity contribution in [2.45, 2.75) is 18.0 Å². The molecule has 0 spiro atoms. The van der Waals surface area contributed by atoms with Gasteiger partial charge in [0, 0.05) is 12.7 Å². The first-order valence-corrected chi connectivity index (χ1v) is 7.70. The van der Waals surface area contributed by atoms with Crippen molar-refractivity contribution in [1.29, 1.82) is 0 Å². The van der Waals surface area contributed by atoms with Gasteiger partial charge in [0.1, 0.15) is 5.82 Å². The molecule has 0 aliphatic carbocycles. The Morgan fingerprint density at radius 3 is 2.71 bits per heavy atom. The maximum atomic E-state index is 13.3. The molecule has 0 saturated carbocycles. The molecule has 0 radical (unpaired) electrons. The van der Waals surface area contributed by atoms with E-state index in [-0.39, 0.29) is 11.4 Å². The minimum Gasteiger partial charge on any atom is -0.316 e. The SMILES string of the molecule is CNCc1ccc(F)cc1S(=O)(=O)NCc1cccnn1. The van der Waals surface area contributed by atoms with Gasteiger partial charge in [0.25, 0.3) is 0 Å². The third-order valence-electron chi connectivity index (χ3n) is 2.76. The van der Waals surface area contributed by atoms with Gasteiger partial charge < -0.3 is 5.32 Å². The smallest absolute Gasteiger partial charge is 0.241 e. The van der Waals surface area contributed by atoms with Crippen molar-refractivity contribution in [1.82, 2.24) is 20.2 Å². The van der Waals surface area contributed by atoms with Crippen LogP contribution >= 0.6 is 0 Å². The first-order valence-electron chi connectivity index (χ1n) is 6.22. The minimum absolute atomic E-state index is 0.00825. The van der Waals surface area contributed by atoms with Crippen LogP contribution in [0.4, 0.5) is 4.39 Å². The number of hydrogen-bond donors (Lipinski definition) is 2. The zero-order valence-electron chi connectivity index (χ0n) is 11.4. The number of nitrogens with zero attached hydrogens (tertiary/aromatic N) is 2. The van der Waals surface area contributed by atoms with Crippen molar-refractivity contribution in [3.63, 3.8) is 0 Å². The molecular weight excluding hydrogens is 295 g/mol. The second kappa shape index (κ2) is 6.70. The summed E-state index contributed by atoms with van der Waals surface area (Å²) in [5.41, 5.74) is 0.971. The van der Waals surface area contributed by atoms with E-state index in [4.69, 9.17) is 0 Å². The standard InChI is InChI=1S/C13H15FN4O2S/c1-15-8-10-4-5-11(14)7-13(10)21(19,20)17-9-12-3-2-6-16-18-12/h2-7,15,17H,8-9H2,1H3. The monoisotopic (exact) mass is 310 g/mol. The van der Waals surface area contributed by atoms with Gasteiger partial charge in [0.05, 0.1) is 17.1 Å². The third-order valence-corrected chi connectivity index (χ3v) is 4.24. The summed E-state index contributed by atoms with van der Waals surface area (Å²) < 4.78 is 40.3. The number of halogens is 1. The van der Waals surface area contributed by atoms with Crippen LogP contribution in [0.15, 0.2) is 41.4 Å². The van der Waals surface area contributed by atoms with Crippen LogP contribution in [0, 0.1) is 5.82 Å². The van der Waals surface area contributed by atoms with Crippen molar-refractivity contribution in [3.05, 3.63) is 53.6 Å². The Bertz CT molecular complexity index is 707. The van der Waals surface area contributed by atoms with Crippen molar-refractivity contribution < 1.29 is 12.8 Å². The fourth-order valence-electron chi connectivity index (χ4n) is 1.79. The number of nitrogens with one attached hydrogen (secondary N) is 2. The molecule has 0 amide bonds.